The molecule has 1 aromatic carbocycles. The minimum Gasteiger partial charge on any atom is -0.507 e. The van der Waals surface area contributed by atoms with E-state index in [1.807, 2.05) is 22.9 Å². The third kappa shape index (κ3) is 3.18. The Labute approximate surface area is 163 Å². The van der Waals surface area contributed by atoms with Crippen LogP contribution < -0.4 is 5.32 Å². The summed E-state index contributed by atoms with van der Waals surface area (Å²) >= 11 is 0. The van der Waals surface area contributed by atoms with E-state index in [0.717, 1.165) is 18.5 Å². The number of hydrogen-bond donors (Lipinski definition) is 2. The minimum absolute atomic E-state index is 0.135. The van der Waals surface area contributed by atoms with Crippen molar-refractivity contribution in [3.63, 3.8) is 0 Å². The summed E-state index contributed by atoms with van der Waals surface area (Å²) in [6.07, 6.45) is 13.5. The van der Waals surface area contributed by atoms with Crippen molar-refractivity contribution in [3.05, 3.63) is 54.5 Å². The minimum atomic E-state index is 0.135. The first-order valence-corrected chi connectivity index (χ1v) is 9.57. The summed E-state index contributed by atoms with van der Waals surface area (Å²) in [6, 6.07) is 5.97. The fourth-order valence-corrected chi connectivity index (χ4v) is 4.39. The second kappa shape index (κ2) is 6.53. The molecule has 2 saturated heterocycles. The molecule has 1 unspecified atom stereocenters. The maximum atomic E-state index is 10.4. The fraction of sp³-hybridized carbons (Fsp3) is 0.333. The van der Waals surface area contributed by atoms with Crippen molar-refractivity contribution in [1.82, 2.24) is 30.0 Å². The zero-order chi connectivity index (χ0) is 19.1. The van der Waals surface area contributed by atoms with E-state index in [9.17, 15) is 5.11 Å². The van der Waals surface area contributed by atoms with Crippen LogP contribution in [-0.4, -0.2) is 41.4 Å². The molecule has 5 rings (SSSR count). The predicted molar refractivity (Wildman–Crippen MR) is 106 cm³/mol. The normalized spacial score (nSPS) is 25.3. The summed E-state index contributed by atoms with van der Waals surface area (Å²) in [5.74, 6) is 0.759. The zero-order valence-corrected chi connectivity index (χ0v) is 15.7. The molecule has 0 saturated carbocycles. The van der Waals surface area contributed by atoms with Crippen LogP contribution >= 0.6 is 0 Å². The van der Waals surface area contributed by atoms with Gasteiger partial charge in [-0.15, -0.1) is 10.2 Å². The van der Waals surface area contributed by atoms with Crippen molar-refractivity contribution in [1.29, 1.82) is 0 Å². The smallest absolute Gasteiger partial charge is 0.174 e. The van der Waals surface area contributed by atoms with Crippen LogP contribution in [0, 0.1) is 0 Å². The molecule has 2 atom stereocenters. The van der Waals surface area contributed by atoms with Crippen LogP contribution in [-0.2, 0) is 0 Å². The maximum absolute atomic E-state index is 10.4. The second-order valence-corrected chi connectivity index (χ2v) is 8.00. The van der Waals surface area contributed by atoms with Crippen molar-refractivity contribution >= 4 is 6.08 Å². The molecule has 0 aliphatic carbocycles. The van der Waals surface area contributed by atoms with E-state index in [0.29, 0.717) is 23.1 Å². The molecule has 0 spiro atoms. The van der Waals surface area contributed by atoms with Gasteiger partial charge in [0.15, 0.2) is 5.82 Å². The van der Waals surface area contributed by atoms with Gasteiger partial charge in [-0.2, -0.15) is 0 Å². The molecule has 142 valence electrons. The number of hydrogen-bond acceptors (Lipinski definition) is 6. The Morgan fingerprint density at radius 1 is 1.32 bits per heavy atom. The number of aromatic hydroxyl groups is 1. The van der Waals surface area contributed by atoms with Gasteiger partial charge in [0.05, 0.1) is 18.2 Å². The lowest BCUT2D eigenvalue weighted by Gasteiger charge is -2.32. The number of nitrogens with one attached hydrogen (secondary N) is 1. The van der Waals surface area contributed by atoms with Gasteiger partial charge in [0, 0.05) is 35.6 Å². The molecule has 2 bridgehead atoms. The molecule has 2 N–H and O–H groups in total. The van der Waals surface area contributed by atoms with Gasteiger partial charge >= 0.3 is 0 Å². The van der Waals surface area contributed by atoms with Crippen molar-refractivity contribution in [2.75, 3.05) is 0 Å². The standard InChI is InChI=1S/C21H22N6O/c1-21-5-4-15(24-21)8-14(11-21)9-20-23-12-18(25-26-20)17-3-2-16(10-19(17)28)27-7-6-22-13-27/h2-3,6-7,9-10,12-13,15,24,28H,4-5,8,11H2,1H3/b14-9+/t15?,21-/m1/s1. The van der Waals surface area contributed by atoms with Crippen LogP contribution in [0.5, 0.6) is 5.75 Å². The van der Waals surface area contributed by atoms with Gasteiger partial charge in [-0.25, -0.2) is 9.97 Å². The number of rotatable bonds is 3. The van der Waals surface area contributed by atoms with Gasteiger partial charge in [0.1, 0.15) is 11.4 Å². The molecule has 0 amide bonds. The molecular formula is C21H22N6O. The number of piperidine rings is 1. The number of imidazole rings is 1. The molecule has 4 heterocycles. The lowest BCUT2D eigenvalue weighted by Crippen LogP contribution is -2.44. The largest absolute Gasteiger partial charge is 0.507 e. The molecule has 2 aromatic heterocycles. The monoisotopic (exact) mass is 374 g/mol. The molecule has 3 aromatic rings. The highest BCUT2D eigenvalue weighted by Crippen LogP contribution is 2.38. The highest BCUT2D eigenvalue weighted by Gasteiger charge is 2.39. The van der Waals surface area contributed by atoms with E-state index in [1.54, 1.807) is 24.8 Å². The summed E-state index contributed by atoms with van der Waals surface area (Å²) in [5.41, 5.74) is 3.58. The lowest BCUT2D eigenvalue weighted by molar-refractivity contribution is 0.351. The van der Waals surface area contributed by atoms with Crippen LogP contribution in [0.3, 0.4) is 0 Å². The summed E-state index contributed by atoms with van der Waals surface area (Å²) in [4.78, 5) is 8.48. The molecule has 2 aliphatic heterocycles. The molecule has 28 heavy (non-hydrogen) atoms. The van der Waals surface area contributed by atoms with E-state index in [1.165, 1.54) is 18.4 Å². The molecule has 7 heteroatoms. The number of aromatic nitrogens is 5. The quantitative estimate of drug-likeness (QED) is 0.732. The molecular weight excluding hydrogens is 352 g/mol. The van der Waals surface area contributed by atoms with Gasteiger partial charge in [-0.1, -0.05) is 5.57 Å². The third-order valence-corrected chi connectivity index (χ3v) is 5.70. The average molecular weight is 374 g/mol. The molecule has 7 nitrogen and oxygen atoms in total. The van der Waals surface area contributed by atoms with Gasteiger partial charge < -0.3 is 15.0 Å². The van der Waals surface area contributed by atoms with Crippen LogP contribution in [0.1, 0.15) is 38.4 Å². The Morgan fingerprint density at radius 3 is 2.96 bits per heavy atom. The third-order valence-electron chi connectivity index (χ3n) is 5.70. The van der Waals surface area contributed by atoms with Crippen LogP contribution in [0.4, 0.5) is 0 Å². The van der Waals surface area contributed by atoms with E-state index >= 15 is 0 Å². The van der Waals surface area contributed by atoms with Gasteiger partial charge in [0.2, 0.25) is 0 Å². The van der Waals surface area contributed by atoms with Crippen LogP contribution in [0.15, 0.2) is 48.7 Å². The Bertz CT molecular complexity index is 1030. The van der Waals surface area contributed by atoms with E-state index in [2.05, 4.69) is 38.5 Å². The Hall–Kier alpha value is -3.06. The second-order valence-electron chi connectivity index (χ2n) is 8.00. The summed E-state index contributed by atoms with van der Waals surface area (Å²) in [6.45, 7) is 2.29. The topological polar surface area (TPSA) is 88.8 Å². The van der Waals surface area contributed by atoms with Gasteiger partial charge in [-0.05, 0) is 50.8 Å². The lowest BCUT2D eigenvalue weighted by atomic mass is 9.89. The SMILES string of the molecule is C[C@@]12CCC(C/C(=C\c3ncc(-c4ccc(-n5ccnc5)cc4O)nn3)C1)N2. The Morgan fingerprint density at radius 2 is 2.25 bits per heavy atom. The van der Waals surface area contributed by atoms with E-state index < -0.39 is 0 Å². The first kappa shape index (κ1) is 17.1. The Balaban J connectivity index is 1.38. The number of nitrogens with zero attached hydrogens (tertiary/aromatic N) is 5. The molecule has 0 radical (unpaired) electrons. The van der Waals surface area contributed by atoms with Crippen molar-refractivity contribution in [2.45, 2.75) is 44.2 Å². The fourth-order valence-electron chi connectivity index (χ4n) is 4.39. The van der Waals surface area contributed by atoms with Gasteiger partial charge in [0.25, 0.3) is 0 Å². The number of phenolic OH excluding ortho intramolecular Hbond substituents is 1. The highest BCUT2D eigenvalue weighted by molar-refractivity contribution is 5.68. The maximum Gasteiger partial charge on any atom is 0.174 e. The van der Waals surface area contributed by atoms with Crippen LogP contribution in [0.2, 0.25) is 0 Å². The highest BCUT2D eigenvalue weighted by atomic mass is 16.3. The van der Waals surface area contributed by atoms with Gasteiger partial charge in [-0.3, -0.25) is 0 Å². The van der Waals surface area contributed by atoms with E-state index in [4.69, 9.17) is 0 Å². The van der Waals surface area contributed by atoms with Crippen LogP contribution in [0.25, 0.3) is 23.0 Å². The zero-order valence-electron chi connectivity index (χ0n) is 15.7. The summed E-state index contributed by atoms with van der Waals surface area (Å²) < 4.78 is 1.83. The number of fused-ring (bicyclic) bond motifs is 2. The van der Waals surface area contributed by atoms with Crippen molar-refractivity contribution in [2.24, 2.45) is 0 Å². The Kier molecular flexibility index (Phi) is 3.98. The predicted octanol–water partition coefficient (Wildman–Crippen LogP) is 3.12. The number of phenols is 1. The average Bonchev–Trinajstić information content (AvgIpc) is 3.30. The summed E-state index contributed by atoms with van der Waals surface area (Å²) in [5, 5.41) is 22.7. The number of benzene rings is 1. The summed E-state index contributed by atoms with van der Waals surface area (Å²) in [7, 11) is 0. The van der Waals surface area contributed by atoms with Crippen molar-refractivity contribution in [3.8, 4) is 22.7 Å². The molecule has 2 aliphatic rings. The van der Waals surface area contributed by atoms with Crippen molar-refractivity contribution < 1.29 is 5.11 Å². The van der Waals surface area contributed by atoms with E-state index in [-0.39, 0.29) is 11.3 Å². The molecule has 2 fully saturated rings. The first-order chi connectivity index (χ1) is 13.6. The first-order valence-electron chi connectivity index (χ1n) is 9.57.